The van der Waals surface area contributed by atoms with Gasteiger partial charge in [0.25, 0.3) is 5.91 Å². The smallest absolute Gasteiger partial charge is 0.259 e. The molecule has 132 valence electrons. The molecule has 2 aromatic heterocycles. The van der Waals surface area contributed by atoms with E-state index in [0.29, 0.717) is 30.7 Å². The van der Waals surface area contributed by atoms with Crippen molar-refractivity contribution in [1.82, 2.24) is 14.5 Å². The average molecular weight is 347 g/mol. The van der Waals surface area contributed by atoms with Crippen LogP contribution < -0.4 is 5.43 Å². The van der Waals surface area contributed by atoms with E-state index in [0.717, 1.165) is 17.7 Å². The minimum Gasteiger partial charge on any atom is -0.334 e. The first kappa shape index (κ1) is 16.5. The maximum absolute atomic E-state index is 13.1. The van der Waals surface area contributed by atoms with Crippen molar-refractivity contribution < 1.29 is 4.79 Å². The van der Waals surface area contributed by atoms with Crippen LogP contribution in [0.4, 0.5) is 0 Å². The number of nitrogens with zero attached hydrogens (tertiary/aromatic N) is 3. The summed E-state index contributed by atoms with van der Waals surface area (Å²) >= 11 is 0. The molecule has 1 aliphatic rings. The molecule has 1 aromatic carbocycles. The topological polar surface area (TPSA) is 55.2 Å². The fraction of sp³-hybridized carbons (Fsp3) is 0.286. The monoisotopic (exact) mass is 347 g/mol. The zero-order chi connectivity index (χ0) is 18.3. The number of amides is 1. The Labute approximate surface area is 151 Å². The van der Waals surface area contributed by atoms with Gasteiger partial charge in [-0.05, 0) is 43.5 Å². The molecule has 0 saturated carbocycles. The van der Waals surface area contributed by atoms with E-state index in [4.69, 9.17) is 0 Å². The predicted molar refractivity (Wildman–Crippen MR) is 101 cm³/mol. The molecule has 0 bridgehead atoms. The second kappa shape index (κ2) is 6.41. The molecular formula is C21H21N3O2. The SMILES string of the molecule is CCn1cc(C(=O)N2CCc3ccccc3C2)c(=O)c2ccc(C)nc21. The number of fused-ring (bicyclic) bond motifs is 2. The van der Waals surface area contributed by atoms with Gasteiger partial charge in [-0.1, -0.05) is 24.3 Å². The Kier molecular flexibility index (Phi) is 4.07. The number of benzene rings is 1. The van der Waals surface area contributed by atoms with Crippen LogP contribution in [-0.4, -0.2) is 26.9 Å². The van der Waals surface area contributed by atoms with Gasteiger partial charge < -0.3 is 9.47 Å². The van der Waals surface area contributed by atoms with Crippen molar-refractivity contribution in [1.29, 1.82) is 0 Å². The average Bonchev–Trinajstić information content (AvgIpc) is 2.67. The lowest BCUT2D eigenvalue weighted by Gasteiger charge is -2.29. The number of hydrogen-bond donors (Lipinski definition) is 0. The van der Waals surface area contributed by atoms with E-state index in [1.807, 2.05) is 42.7 Å². The van der Waals surface area contributed by atoms with Crippen LogP contribution in [0.15, 0.2) is 47.4 Å². The Morgan fingerprint density at radius 2 is 1.92 bits per heavy atom. The molecule has 0 radical (unpaired) electrons. The number of carbonyl (C=O) groups is 1. The van der Waals surface area contributed by atoms with Gasteiger partial charge in [0, 0.05) is 31.5 Å². The molecule has 0 unspecified atom stereocenters. The van der Waals surface area contributed by atoms with Crippen LogP contribution in [0, 0.1) is 6.92 Å². The van der Waals surface area contributed by atoms with E-state index >= 15 is 0 Å². The minimum absolute atomic E-state index is 0.200. The van der Waals surface area contributed by atoms with Crippen molar-refractivity contribution in [3.63, 3.8) is 0 Å². The summed E-state index contributed by atoms with van der Waals surface area (Å²) in [6.07, 6.45) is 2.48. The van der Waals surface area contributed by atoms with Gasteiger partial charge in [-0.2, -0.15) is 0 Å². The zero-order valence-corrected chi connectivity index (χ0v) is 15.0. The van der Waals surface area contributed by atoms with Gasteiger partial charge >= 0.3 is 0 Å². The van der Waals surface area contributed by atoms with Crippen molar-refractivity contribution in [2.75, 3.05) is 6.54 Å². The highest BCUT2D eigenvalue weighted by Crippen LogP contribution is 2.20. The highest BCUT2D eigenvalue weighted by atomic mass is 16.2. The summed E-state index contributed by atoms with van der Waals surface area (Å²) in [5.74, 6) is -0.200. The van der Waals surface area contributed by atoms with E-state index in [9.17, 15) is 9.59 Å². The quantitative estimate of drug-likeness (QED) is 0.716. The highest BCUT2D eigenvalue weighted by Gasteiger charge is 2.24. The van der Waals surface area contributed by atoms with Gasteiger partial charge in [-0.15, -0.1) is 0 Å². The number of hydrogen-bond acceptors (Lipinski definition) is 3. The zero-order valence-electron chi connectivity index (χ0n) is 15.0. The highest BCUT2D eigenvalue weighted by molar-refractivity contribution is 5.97. The molecule has 0 spiro atoms. The largest absolute Gasteiger partial charge is 0.334 e. The Hall–Kier alpha value is -2.95. The molecule has 0 fully saturated rings. The lowest BCUT2D eigenvalue weighted by molar-refractivity contribution is 0.0733. The summed E-state index contributed by atoms with van der Waals surface area (Å²) in [5.41, 5.74) is 3.91. The lowest BCUT2D eigenvalue weighted by atomic mass is 9.99. The molecule has 3 aromatic rings. The molecule has 0 aliphatic carbocycles. The molecule has 0 atom stereocenters. The summed E-state index contributed by atoms with van der Waals surface area (Å²) in [6, 6.07) is 11.7. The van der Waals surface area contributed by atoms with Crippen LogP contribution in [0.1, 0.15) is 34.1 Å². The van der Waals surface area contributed by atoms with E-state index in [-0.39, 0.29) is 16.9 Å². The van der Waals surface area contributed by atoms with Gasteiger partial charge in [-0.25, -0.2) is 4.98 Å². The standard InChI is InChI=1S/C21H21N3O2/c1-3-23-13-18(19(25)17-9-8-14(2)22-20(17)23)21(26)24-11-10-15-6-4-5-7-16(15)12-24/h4-9,13H,3,10-12H2,1-2H3. The normalized spacial score (nSPS) is 13.7. The minimum atomic E-state index is -0.235. The van der Waals surface area contributed by atoms with Gasteiger partial charge in [0.05, 0.1) is 5.39 Å². The lowest BCUT2D eigenvalue weighted by Crippen LogP contribution is -2.38. The first-order valence-corrected chi connectivity index (χ1v) is 8.95. The number of aryl methyl sites for hydroxylation is 2. The molecule has 4 rings (SSSR count). The fourth-order valence-corrected chi connectivity index (χ4v) is 3.59. The number of pyridine rings is 2. The van der Waals surface area contributed by atoms with Gasteiger partial charge in [0.1, 0.15) is 11.2 Å². The Bertz CT molecular complexity index is 1070. The van der Waals surface area contributed by atoms with Gasteiger partial charge in [0.15, 0.2) is 0 Å². The van der Waals surface area contributed by atoms with Crippen LogP contribution in [0.3, 0.4) is 0 Å². The van der Waals surface area contributed by atoms with Gasteiger partial charge in [-0.3, -0.25) is 9.59 Å². The van der Waals surface area contributed by atoms with Crippen LogP contribution >= 0.6 is 0 Å². The maximum Gasteiger partial charge on any atom is 0.259 e. The first-order chi connectivity index (χ1) is 12.6. The molecular weight excluding hydrogens is 326 g/mol. The third kappa shape index (κ3) is 2.69. The second-order valence-electron chi connectivity index (χ2n) is 6.73. The second-order valence-corrected chi connectivity index (χ2v) is 6.73. The summed E-state index contributed by atoms with van der Waals surface area (Å²) < 4.78 is 1.88. The molecule has 0 saturated heterocycles. The summed E-state index contributed by atoms with van der Waals surface area (Å²) in [4.78, 5) is 32.3. The summed E-state index contributed by atoms with van der Waals surface area (Å²) in [6.45, 7) is 5.71. The van der Waals surface area contributed by atoms with E-state index in [1.165, 1.54) is 5.56 Å². The van der Waals surface area contributed by atoms with Crippen LogP contribution in [0.5, 0.6) is 0 Å². The Morgan fingerprint density at radius 3 is 2.69 bits per heavy atom. The third-order valence-electron chi connectivity index (χ3n) is 5.05. The van der Waals surface area contributed by atoms with Crippen LogP contribution in [0.2, 0.25) is 0 Å². The van der Waals surface area contributed by atoms with Crippen molar-refractivity contribution >= 4 is 16.9 Å². The Balaban J connectivity index is 1.77. The predicted octanol–water partition coefficient (Wildman–Crippen LogP) is 2.92. The Morgan fingerprint density at radius 1 is 1.15 bits per heavy atom. The van der Waals surface area contributed by atoms with E-state index in [2.05, 4.69) is 11.1 Å². The molecule has 26 heavy (non-hydrogen) atoms. The van der Waals surface area contributed by atoms with E-state index in [1.54, 1.807) is 17.2 Å². The fourth-order valence-electron chi connectivity index (χ4n) is 3.59. The van der Waals surface area contributed by atoms with Crippen molar-refractivity contribution in [3.05, 3.63) is 75.2 Å². The van der Waals surface area contributed by atoms with E-state index < -0.39 is 0 Å². The van der Waals surface area contributed by atoms with Crippen molar-refractivity contribution in [3.8, 4) is 0 Å². The third-order valence-corrected chi connectivity index (χ3v) is 5.05. The van der Waals surface area contributed by atoms with Crippen LogP contribution in [-0.2, 0) is 19.5 Å². The molecule has 0 N–H and O–H groups in total. The maximum atomic E-state index is 13.1. The summed E-state index contributed by atoms with van der Waals surface area (Å²) in [7, 11) is 0. The molecule has 5 nitrogen and oxygen atoms in total. The number of rotatable bonds is 2. The van der Waals surface area contributed by atoms with Crippen molar-refractivity contribution in [2.45, 2.75) is 33.4 Å². The first-order valence-electron chi connectivity index (χ1n) is 8.95. The molecule has 1 aliphatic heterocycles. The number of carbonyl (C=O) groups excluding carboxylic acids is 1. The molecule has 1 amide bonds. The molecule has 3 heterocycles. The van der Waals surface area contributed by atoms with Crippen molar-refractivity contribution in [2.24, 2.45) is 0 Å². The molecule has 5 heteroatoms. The van der Waals surface area contributed by atoms with Crippen LogP contribution in [0.25, 0.3) is 11.0 Å². The number of aromatic nitrogens is 2. The summed E-state index contributed by atoms with van der Waals surface area (Å²) in [5, 5.41) is 0.501. The van der Waals surface area contributed by atoms with Gasteiger partial charge in [0.2, 0.25) is 5.43 Å².